The van der Waals surface area contributed by atoms with Crippen molar-refractivity contribution >= 4 is 11.5 Å². The molecule has 15 heavy (non-hydrogen) atoms. The molecule has 0 bridgehead atoms. The lowest BCUT2D eigenvalue weighted by atomic mass is 10.3. The van der Waals surface area contributed by atoms with Crippen molar-refractivity contribution in [2.24, 2.45) is 0 Å². The van der Waals surface area contributed by atoms with E-state index >= 15 is 0 Å². The summed E-state index contributed by atoms with van der Waals surface area (Å²) >= 11 is 0. The second-order valence-corrected chi connectivity index (χ2v) is 2.94. The first kappa shape index (κ1) is 9.64. The molecule has 0 aliphatic heterocycles. The highest BCUT2D eigenvalue weighted by atomic mass is 19.1. The molecule has 4 nitrogen and oxygen atoms in total. The zero-order valence-electron chi connectivity index (χ0n) is 8.11. The van der Waals surface area contributed by atoms with Gasteiger partial charge in [-0.3, -0.25) is 4.40 Å². The summed E-state index contributed by atoms with van der Waals surface area (Å²) in [6.45, 7) is 2.00. The number of pyridine rings is 1. The Balaban J connectivity index is 2.57. The lowest BCUT2D eigenvalue weighted by Crippen LogP contribution is -2.10. The van der Waals surface area contributed by atoms with Crippen LogP contribution < -0.4 is 0 Å². The van der Waals surface area contributed by atoms with E-state index in [1.54, 1.807) is 6.92 Å². The number of ether oxygens (including phenoxy) is 1. The van der Waals surface area contributed by atoms with Gasteiger partial charge in [0.1, 0.15) is 17.0 Å². The third-order valence-electron chi connectivity index (χ3n) is 2.01. The van der Waals surface area contributed by atoms with E-state index in [4.69, 9.17) is 4.74 Å². The summed E-state index contributed by atoms with van der Waals surface area (Å²) in [6.07, 6.45) is 2.74. The van der Waals surface area contributed by atoms with Gasteiger partial charge < -0.3 is 4.74 Å². The van der Waals surface area contributed by atoms with Gasteiger partial charge in [0.2, 0.25) is 0 Å². The average molecular weight is 208 g/mol. The number of imidazole rings is 1. The fourth-order valence-corrected chi connectivity index (χ4v) is 1.35. The Hall–Kier alpha value is -1.91. The second-order valence-electron chi connectivity index (χ2n) is 2.94. The molecule has 0 amide bonds. The third-order valence-corrected chi connectivity index (χ3v) is 2.01. The van der Waals surface area contributed by atoms with Crippen LogP contribution in [0.2, 0.25) is 0 Å². The smallest absolute Gasteiger partial charge is 0.355 e. The summed E-state index contributed by atoms with van der Waals surface area (Å²) in [5.74, 6) is -0.902. The fourth-order valence-electron chi connectivity index (χ4n) is 1.35. The van der Waals surface area contributed by atoms with Gasteiger partial charge in [0.05, 0.1) is 19.1 Å². The molecule has 2 aromatic rings. The minimum absolute atomic E-state index is 0.264. The Morgan fingerprint density at radius 3 is 3.13 bits per heavy atom. The Bertz CT molecular complexity index is 507. The normalized spacial score (nSPS) is 10.5. The number of hydrogen-bond donors (Lipinski definition) is 0. The molecule has 0 atom stereocenters. The monoisotopic (exact) mass is 208 g/mol. The first-order valence-corrected chi connectivity index (χ1v) is 4.51. The van der Waals surface area contributed by atoms with Crippen molar-refractivity contribution in [3.8, 4) is 0 Å². The second kappa shape index (κ2) is 3.68. The summed E-state index contributed by atoms with van der Waals surface area (Å²) in [7, 11) is 0. The molecule has 2 aromatic heterocycles. The van der Waals surface area contributed by atoms with E-state index in [2.05, 4.69) is 4.98 Å². The number of hydrogen-bond acceptors (Lipinski definition) is 3. The number of esters is 1. The van der Waals surface area contributed by atoms with Crippen LogP contribution in [0, 0.1) is 5.82 Å². The van der Waals surface area contributed by atoms with Crippen molar-refractivity contribution in [1.29, 1.82) is 0 Å². The molecule has 0 aliphatic carbocycles. The standard InChI is InChI=1S/C10H9FN2O2/c1-2-15-10(14)8-4-3-7(11)9-5-12-6-13(8)9/h3-6H,2H2,1H3. The molecular formula is C10H9FN2O2. The summed E-state index contributed by atoms with van der Waals surface area (Å²) in [5.41, 5.74) is 0.534. The van der Waals surface area contributed by atoms with E-state index in [-0.39, 0.29) is 17.8 Å². The molecule has 0 N–H and O–H groups in total. The van der Waals surface area contributed by atoms with E-state index in [1.807, 2.05) is 0 Å². The van der Waals surface area contributed by atoms with Crippen LogP contribution in [0.1, 0.15) is 17.4 Å². The van der Waals surface area contributed by atoms with Gasteiger partial charge in [0.15, 0.2) is 0 Å². The Morgan fingerprint density at radius 2 is 2.40 bits per heavy atom. The predicted molar refractivity (Wildman–Crippen MR) is 51.1 cm³/mol. The van der Waals surface area contributed by atoms with Crippen molar-refractivity contribution in [2.45, 2.75) is 6.92 Å². The summed E-state index contributed by atoms with van der Waals surface area (Å²) in [6, 6.07) is 2.60. The van der Waals surface area contributed by atoms with Crippen molar-refractivity contribution in [3.63, 3.8) is 0 Å². The number of carbonyl (C=O) groups is 1. The van der Waals surface area contributed by atoms with E-state index in [0.717, 1.165) is 0 Å². The molecule has 0 saturated heterocycles. The van der Waals surface area contributed by atoms with Gasteiger partial charge in [-0.2, -0.15) is 0 Å². The molecule has 2 heterocycles. The SMILES string of the molecule is CCOC(=O)c1ccc(F)c2cncn12. The number of carbonyl (C=O) groups excluding carboxylic acids is 1. The van der Waals surface area contributed by atoms with E-state index in [0.29, 0.717) is 0 Å². The van der Waals surface area contributed by atoms with E-state index < -0.39 is 11.8 Å². The molecule has 0 radical (unpaired) electrons. The van der Waals surface area contributed by atoms with Crippen LogP contribution in [-0.4, -0.2) is 22.0 Å². The van der Waals surface area contributed by atoms with Crippen LogP contribution in [-0.2, 0) is 4.74 Å². The first-order valence-electron chi connectivity index (χ1n) is 4.51. The van der Waals surface area contributed by atoms with Crippen molar-refractivity contribution in [1.82, 2.24) is 9.38 Å². The topological polar surface area (TPSA) is 43.6 Å². The minimum Gasteiger partial charge on any atom is -0.461 e. The van der Waals surface area contributed by atoms with Gasteiger partial charge in [0.25, 0.3) is 0 Å². The van der Waals surface area contributed by atoms with Crippen molar-refractivity contribution < 1.29 is 13.9 Å². The van der Waals surface area contributed by atoms with Crippen molar-refractivity contribution in [3.05, 3.63) is 36.2 Å². The van der Waals surface area contributed by atoms with Gasteiger partial charge in [-0.1, -0.05) is 0 Å². The average Bonchev–Trinajstić information content (AvgIpc) is 2.68. The highest BCUT2D eigenvalue weighted by molar-refractivity contribution is 5.88. The van der Waals surface area contributed by atoms with Crippen LogP contribution in [0.4, 0.5) is 4.39 Å². The molecule has 5 heteroatoms. The predicted octanol–water partition coefficient (Wildman–Crippen LogP) is 1.65. The maximum Gasteiger partial charge on any atom is 0.355 e. The number of nitrogens with zero attached hydrogens (tertiary/aromatic N) is 2. The quantitative estimate of drug-likeness (QED) is 0.705. The lowest BCUT2D eigenvalue weighted by Gasteiger charge is -2.04. The zero-order chi connectivity index (χ0) is 10.8. The maximum atomic E-state index is 13.2. The van der Waals surface area contributed by atoms with Gasteiger partial charge in [-0.25, -0.2) is 14.2 Å². The highest BCUT2D eigenvalue weighted by Crippen LogP contribution is 2.12. The molecule has 0 saturated carbocycles. The van der Waals surface area contributed by atoms with Gasteiger partial charge in [-0.05, 0) is 19.1 Å². The maximum absolute atomic E-state index is 13.2. The van der Waals surface area contributed by atoms with Crippen LogP contribution >= 0.6 is 0 Å². The minimum atomic E-state index is -0.486. The zero-order valence-corrected chi connectivity index (χ0v) is 8.11. The summed E-state index contributed by atoms with van der Waals surface area (Å²) < 4.78 is 19.4. The number of aromatic nitrogens is 2. The molecule has 78 valence electrons. The van der Waals surface area contributed by atoms with Crippen molar-refractivity contribution in [2.75, 3.05) is 6.61 Å². The number of halogens is 1. The molecule has 0 aliphatic rings. The summed E-state index contributed by atoms with van der Waals surface area (Å²) in [5, 5.41) is 0. The molecular weight excluding hydrogens is 199 g/mol. The number of fused-ring (bicyclic) bond motifs is 1. The molecule has 0 unspecified atom stereocenters. The van der Waals surface area contributed by atoms with Crippen LogP contribution in [0.3, 0.4) is 0 Å². The first-order chi connectivity index (χ1) is 7.24. The lowest BCUT2D eigenvalue weighted by molar-refractivity contribution is 0.0517. The Morgan fingerprint density at radius 1 is 1.60 bits per heavy atom. The van der Waals surface area contributed by atoms with Gasteiger partial charge in [0, 0.05) is 0 Å². The molecule has 2 rings (SSSR count). The third kappa shape index (κ3) is 1.56. The van der Waals surface area contributed by atoms with E-state index in [1.165, 1.54) is 29.1 Å². The van der Waals surface area contributed by atoms with Crippen LogP contribution in [0.15, 0.2) is 24.7 Å². The Labute approximate surface area is 85.3 Å². The molecule has 0 fully saturated rings. The van der Waals surface area contributed by atoms with Crippen LogP contribution in [0.25, 0.3) is 5.52 Å². The van der Waals surface area contributed by atoms with Crippen LogP contribution in [0.5, 0.6) is 0 Å². The fraction of sp³-hybridized carbons (Fsp3) is 0.200. The van der Waals surface area contributed by atoms with Gasteiger partial charge >= 0.3 is 5.97 Å². The summed E-state index contributed by atoms with van der Waals surface area (Å²) in [4.78, 5) is 15.3. The van der Waals surface area contributed by atoms with Gasteiger partial charge in [-0.15, -0.1) is 0 Å². The Kier molecular flexibility index (Phi) is 2.37. The van der Waals surface area contributed by atoms with E-state index in [9.17, 15) is 9.18 Å². The molecule has 0 spiro atoms. The largest absolute Gasteiger partial charge is 0.461 e. The number of rotatable bonds is 2. The highest BCUT2D eigenvalue weighted by Gasteiger charge is 2.13. The molecule has 0 aromatic carbocycles.